The summed E-state index contributed by atoms with van der Waals surface area (Å²) in [6.07, 6.45) is 76.5. The second kappa shape index (κ2) is 61.9. The minimum atomic E-state index is -0.856. The van der Waals surface area contributed by atoms with Gasteiger partial charge in [0.1, 0.15) is 0 Å². The molecule has 0 rings (SSSR count). The van der Waals surface area contributed by atoms with E-state index in [-0.39, 0.29) is 18.5 Å². The summed E-state index contributed by atoms with van der Waals surface area (Å²) in [5.74, 6) is -0.0922. The number of aliphatic hydroxyl groups is 2. The maximum Gasteiger partial charge on any atom is 0.305 e. The molecule has 2 unspecified atom stereocenters. The molecule has 6 nitrogen and oxygen atoms in total. The van der Waals surface area contributed by atoms with E-state index in [2.05, 4.69) is 31.3 Å². The van der Waals surface area contributed by atoms with Crippen LogP contribution in [0.15, 0.2) is 24.3 Å². The van der Waals surface area contributed by atoms with E-state index in [0.29, 0.717) is 19.4 Å². The first-order valence-corrected chi connectivity index (χ1v) is 32.6. The summed E-state index contributed by atoms with van der Waals surface area (Å²) in [6.45, 7) is 4.90. The molecule has 2 atom stereocenters. The lowest BCUT2D eigenvalue weighted by molar-refractivity contribution is -0.143. The Morgan fingerprint density at radius 1 is 0.375 bits per heavy atom. The number of carbonyl (C=O) groups is 2. The molecular formula is C66H127NO5. The molecule has 0 aliphatic carbocycles. The van der Waals surface area contributed by atoms with E-state index >= 15 is 0 Å². The van der Waals surface area contributed by atoms with Crippen molar-refractivity contribution in [2.75, 3.05) is 13.2 Å². The van der Waals surface area contributed by atoms with Gasteiger partial charge >= 0.3 is 5.97 Å². The lowest BCUT2D eigenvalue weighted by Crippen LogP contribution is -2.45. The molecule has 0 radical (unpaired) electrons. The van der Waals surface area contributed by atoms with Gasteiger partial charge in [0, 0.05) is 12.8 Å². The molecule has 0 aliphatic heterocycles. The summed E-state index contributed by atoms with van der Waals surface area (Å²) < 4.78 is 5.49. The number of carbonyl (C=O) groups excluding carboxylic acids is 2. The monoisotopic (exact) mass is 1010 g/mol. The Morgan fingerprint density at radius 3 is 0.986 bits per heavy atom. The van der Waals surface area contributed by atoms with Crippen molar-refractivity contribution in [3.63, 3.8) is 0 Å². The Bertz CT molecular complexity index is 1120. The van der Waals surface area contributed by atoms with Gasteiger partial charge in [-0.2, -0.15) is 0 Å². The summed E-state index contributed by atoms with van der Waals surface area (Å²) in [5.41, 5.74) is 0. The van der Waals surface area contributed by atoms with Crippen molar-refractivity contribution >= 4 is 11.9 Å². The zero-order chi connectivity index (χ0) is 52.2. The second-order valence-electron chi connectivity index (χ2n) is 22.5. The molecule has 6 heteroatoms. The van der Waals surface area contributed by atoms with E-state index in [1.807, 2.05) is 6.08 Å². The first-order chi connectivity index (χ1) is 35.5. The van der Waals surface area contributed by atoms with E-state index in [9.17, 15) is 19.8 Å². The van der Waals surface area contributed by atoms with Crippen LogP contribution in [-0.2, 0) is 14.3 Å². The topological polar surface area (TPSA) is 95.9 Å². The zero-order valence-electron chi connectivity index (χ0n) is 48.7. The molecule has 72 heavy (non-hydrogen) atoms. The number of hydrogen-bond donors (Lipinski definition) is 3. The zero-order valence-corrected chi connectivity index (χ0v) is 48.7. The number of rotatable bonds is 61. The second-order valence-corrected chi connectivity index (χ2v) is 22.5. The molecule has 0 aliphatic rings. The van der Waals surface area contributed by atoms with E-state index in [1.165, 1.54) is 276 Å². The molecule has 0 aromatic carbocycles. The van der Waals surface area contributed by atoms with Crippen LogP contribution in [0.5, 0.6) is 0 Å². The average molecular weight is 1010 g/mol. The van der Waals surface area contributed by atoms with Gasteiger partial charge in [0.2, 0.25) is 5.91 Å². The van der Waals surface area contributed by atoms with Gasteiger partial charge in [-0.3, -0.25) is 9.59 Å². The SMILES string of the molecule is CCCCCCCCC/C=C\CCCCCCCCCC(=O)OCCCCCCCCCCCCCCC(=O)NC(CO)C(O)/C=C/CCCCCCCCCCCCCCCCCCCCCCCCC. The number of allylic oxidation sites excluding steroid dienone is 3. The number of unbranched alkanes of at least 4 members (excludes halogenated alkanes) is 48. The molecule has 0 fully saturated rings. The van der Waals surface area contributed by atoms with Gasteiger partial charge in [0.25, 0.3) is 0 Å². The number of nitrogens with one attached hydrogen (secondary N) is 1. The highest BCUT2D eigenvalue weighted by Crippen LogP contribution is 2.18. The van der Waals surface area contributed by atoms with Crippen molar-refractivity contribution in [1.29, 1.82) is 0 Å². The number of amides is 1. The van der Waals surface area contributed by atoms with Crippen LogP contribution in [-0.4, -0.2) is 47.4 Å². The normalized spacial score (nSPS) is 12.7. The largest absolute Gasteiger partial charge is 0.466 e. The standard InChI is InChI=1S/C66H127NO5/c1-3-5-7-9-11-13-15-17-19-21-23-24-25-26-27-28-29-30-32-34-38-42-46-50-54-58-64(69)63(62-68)67-65(70)59-55-51-47-43-39-36-37-41-45-49-53-57-61-72-66(71)60-56-52-48-44-40-35-33-31-22-20-18-16-14-12-10-8-6-4-2/h20,22,54,58,63-64,68-69H,3-19,21,23-53,55-57,59-62H2,1-2H3,(H,67,70)/b22-20-,58-54+. The number of hydrogen-bond acceptors (Lipinski definition) is 5. The lowest BCUT2D eigenvalue weighted by atomic mass is 10.0. The van der Waals surface area contributed by atoms with Gasteiger partial charge in [-0.15, -0.1) is 0 Å². The summed E-state index contributed by atoms with van der Waals surface area (Å²) >= 11 is 0. The van der Waals surface area contributed by atoms with Crippen LogP contribution >= 0.6 is 0 Å². The van der Waals surface area contributed by atoms with Crippen LogP contribution < -0.4 is 5.32 Å². The van der Waals surface area contributed by atoms with Crippen molar-refractivity contribution in [2.24, 2.45) is 0 Å². The molecule has 0 aromatic rings. The quantitative estimate of drug-likeness (QED) is 0.0320. The highest BCUT2D eigenvalue weighted by Gasteiger charge is 2.18. The number of aliphatic hydroxyl groups excluding tert-OH is 2. The predicted molar refractivity (Wildman–Crippen MR) is 315 cm³/mol. The highest BCUT2D eigenvalue weighted by atomic mass is 16.5. The van der Waals surface area contributed by atoms with Crippen LogP contribution in [0, 0.1) is 0 Å². The third kappa shape index (κ3) is 57.6. The van der Waals surface area contributed by atoms with Crippen LogP contribution in [0.3, 0.4) is 0 Å². The van der Waals surface area contributed by atoms with Crippen molar-refractivity contribution < 1.29 is 24.5 Å². The van der Waals surface area contributed by atoms with Gasteiger partial charge in [-0.1, -0.05) is 314 Å². The molecule has 0 aromatic heterocycles. The fourth-order valence-electron chi connectivity index (χ4n) is 10.2. The smallest absolute Gasteiger partial charge is 0.305 e. The third-order valence-electron chi connectivity index (χ3n) is 15.2. The molecule has 426 valence electrons. The Hall–Kier alpha value is -1.66. The minimum Gasteiger partial charge on any atom is -0.466 e. The van der Waals surface area contributed by atoms with E-state index in [4.69, 9.17) is 4.74 Å². The fourth-order valence-corrected chi connectivity index (χ4v) is 10.2. The Morgan fingerprint density at radius 2 is 0.653 bits per heavy atom. The highest BCUT2D eigenvalue weighted by molar-refractivity contribution is 5.76. The van der Waals surface area contributed by atoms with Crippen LogP contribution in [0.4, 0.5) is 0 Å². The molecule has 0 bridgehead atoms. The van der Waals surface area contributed by atoms with Gasteiger partial charge < -0.3 is 20.3 Å². The van der Waals surface area contributed by atoms with Crippen molar-refractivity contribution in [3.05, 3.63) is 24.3 Å². The Labute approximate surface area is 450 Å². The van der Waals surface area contributed by atoms with Crippen LogP contribution in [0.25, 0.3) is 0 Å². The molecule has 1 amide bonds. The van der Waals surface area contributed by atoms with Gasteiger partial charge in [0.15, 0.2) is 0 Å². The minimum absolute atomic E-state index is 0.0126. The van der Waals surface area contributed by atoms with Gasteiger partial charge in [-0.25, -0.2) is 0 Å². The Balaban J connectivity index is 3.47. The van der Waals surface area contributed by atoms with Crippen molar-refractivity contribution in [3.8, 4) is 0 Å². The molecule has 0 heterocycles. The fraction of sp³-hybridized carbons (Fsp3) is 0.909. The van der Waals surface area contributed by atoms with Crippen molar-refractivity contribution in [2.45, 2.75) is 373 Å². The van der Waals surface area contributed by atoms with E-state index in [0.717, 1.165) is 57.8 Å². The average Bonchev–Trinajstić information content (AvgIpc) is 3.38. The number of ether oxygens (including phenoxy) is 1. The van der Waals surface area contributed by atoms with Gasteiger partial charge in [0.05, 0.1) is 25.4 Å². The van der Waals surface area contributed by atoms with Crippen LogP contribution in [0.1, 0.15) is 361 Å². The maximum absolute atomic E-state index is 12.5. The molecular weight excluding hydrogens is 887 g/mol. The summed E-state index contributed by atoms with van der Waals surface area (Å²) in [4.78, 5) is 24.6. The van der Waals surface area contributed by atoms with Gasteiger partial charge in [-0.05, 0) is 57.8 Å². The molecule has 3 N–H and O–H groups in total. The molecule has 0 saturated carbocycles. The maximum atomic E-state index is 12.5. The van der Waals surface area contributed by atoms with E-state index < -0.39 is 12.1 Å². The van der Waals surface area contributed by atoms with Crippen molar-refractivity contribution in [1.82, 2.24) is 5.32 Å². The molecule has 0 spiro atoms. The molecule has 0 saturated heterocycles. The first-order valence-electron chi connectivity index (χ1n) is 32.6. The Kier molecular flexibility index (Phi) is 60.5. The summed E-state index contributed by atoms with van der Waals surface area (Å²) in [5, 5.41) is 23.2. The third-order valence-corrected chi connectivity index (χ3v) is 15.2. The summed E-state index contributed by atoms with van der Waals surface area (Å²) in [6, 6.07) is -0.641. The predicted octanol–water partition coefficient (Wildman–Crippen LogP) is 20.6. The number of esters is 1. The van der Waals surface area contributed by atoms with Crippen LogP contribution in [0.2, 0.25) is 0 Å². The first kappa shape index (κ1) is 70.3. The summed E-state index contributed by atoms with van der Waals surface area (Å²) in [7, 11) is 0. The van der Waals surface area contributed by atoms with E-state index in [1.54, 1.807) is 6.08 Å². The lowest BCUT2D eigenvalue weighted by Gasteiger charge is -2.20.